The summed E-state index contributed by atoms with van der Waals surface area (Å²) in [6.07, 6.45) is 7.50. The van der Waals surface area contributed by atoms with Gasteiger partial charge in [-0.15, -0.1) is 0 Å². The zero-order valence-corrected chi connectivity index (χ0v) is 15.3. The molecule has 0 heterocycles. The Balaban J connectivity index is 1.66. The minimum atomic E-state index is 0.517. The average molecular weight is 368 g/mol. The lowest BCUT2D eigenvalue weighted by Gasteiger charge is -2.56. The summed E-state index contributed by atoms with van der Waals surface area (Å²) in [6, 6.07) is 4.47. The summed E-state index contributed by atoms with van der Waals surface area (Å²) < 4.78 is 0. The molecular formula is C19H24BrCl. The van der Waals surface area contributed by atoms with Crippen LogP contribution in [0.25, 0.3) is 0 Å². The molecule has 4 fully saturated rings. The van der Waals surface area contributed by atoms with Gasteiger partial charge in [0.05, 0.1) is 0 Å². The topological polar surface area (TPSA) is 0 Å². The van der Waals surface area contributed by atoms with Crippen molar-refractivity contribution in [3.8, 4) is 0 Å². The van der Waals surface area contributed by atoms with Gasteiger partial charge in [-0.2, -0.15) is 0 Å². The van der Waals surface area contributed by atoms with Crippen LogP contribution in [0.4, 0.5) is 0 Å². The fourth-order valence-corrected chi connectivity index (χ4v) is 7.33. The molecule has 1 aromatic rings. The van der Waals surface area contributed by atoms with Crippen molar-refractivity contribution in [2.24, 2.45) is 29.6 Å². The Bertz CT molecular complexity index is 537. The third-order valence-corrected chi connectivity index (χ3v) is 7.99. The third kappa shape index (κ3) is 2.39. The third-order valence-electron chi connectivity index (χ3n) is 6.48. The van der Waals surface area contributed by atoms with Crippen LogP contribution in [0.1, 0.15) is 53.6 Å². The second-order valence-corrected chi connectivity index (χ2v) is 9.26. The highest BCUT2D eigenvalue weighted by molar-refractivity contribution is 9.09. The molecule has 114 valence electrons. The fourth-order valence-electron chi connectivity index (χ4n) is 5.75. The lowest BCUT2D eigenvalue weighted by Crippen LogP contribution is -2.46. The van der Waals surface area contributed by atoms with Crippen molar-refractivity contribution in [1.82, 2.24) is 0 Å². The average Bonchev–Trinajstić information content (AvgIpc) is 2.41. The second-order valence-electron chi connectivity index (χ2n) is 7.87. The standard InChI is InChI=1S/C19H24BrCl/c1-10-4-17(21)11(2)3-16(10)19(20)18-14-6-12-5-13(8-14)9-15(18)7-12/h3-4,12-15,18-19H,5-9H2,1-2H3. The van der Waals surface area contributed by atoms with Gasteiger partial charge in [-0.3, -0.25) is 0 Å². The van der Waals surface area contributed by atoms with Gasteiger partial charge in [0, 0.05) is 9.85 Å². The van der Waals surface area contributed by atoms with E-state index in [1.807, 2.05) is 0 Å². The van der Waals surface area contributed by atoms with Crippen LogP contribution in [0.5, 0.6) is 0 Å². The van der Waals surface area contributed by atoms with E-state index in [9.17, 15) is 0 Å². The van der Waals surface area contributed by atoms with Gasteiger partial charge in [0.2, 0.25) is 0 Å². The van der Waals surface area contributed by atoms with E-state index in [1.165, 1.54) is 48.8 Å². The lowest BCUT2D eigenvalue weighted by molar-refractivity contribution is -0.0365. The fraction of sp³-hybridized carbons (Fsp3) is 0.684. The molecule has 1 unspecified atom stereocenters. The monoisotopic (exact) mass is 366 g/mol. The van der Waals surface area contributed by atoms with Crippen LogP contribution in [0.2, 0.25) is 5.02 Å². The number of aryl methyl sites for hydroxylation is 2. The quantitative estimate of drug-likeness (QED) is 0.526. The van der Waals surface area contributed by atoms with E-state index in [0.29, 0.717) is 4.83 Å². The van der Waals surface area contributed by atoms with E-state index in [4.69, 9.17) is 11.6 Å². The summed E-state index contributed by atoms with van der Waals surface area (Å²) in [7, 11) is 0. The first-order valence-corrected chi connectivity index (χ1v) is 9.73. The van der Waals surface area contributed by atoms with Crippen molar-refractivity contribution in [3.05, 3.63) is 33.8 Å². The molecular weight excluding hydrogens is 344 g/mol. The second kappa shape index (κ2) is 5.27. The van der Waals surface area contributed by atoms with E-state index < -0.39 is 0 Å². The van der Waals surface area contributed by atoms with Gasteiger partial charge >= 0.3 is 0 Å². The molecule has 2 heteroatoms. The highest BCUT2D eigenvalue weighted by atomic mass is 79.9. The molecule has 21 heavy (non-hydrogen) atoms. The maximum Gasteiger partial charge on any atom is 0.0438 e. The first kappa shape index (κ1) is 14.6. The maximum absolute atomic E-state index is 6.28. The Hall–Kier alpha value is -0.0100. The predicted molar refractivity (Wildman–Crippen MR) is 93.1 cm³/mol. The molecule has 0 amide bonds. The molecule has 4 saturated carbocycles. The minimum absolute atomic E-state index is 0.517. The molecule has 0 nitrogen and oxygen atoms in total. The SMILES string of the molecule is Cc1cc(C(Br)C2C3CC4CC(C3)CC2C4)c(C)cc1Cl. The summed E-state index contributed by atoms with van der Waals surface area (Å²) in [6.45, 7) is 4.34. The maximum atomic E-state index is 6.28. The molecule has 1 atom stereocenters. The molecule has 0 aliphatic heterocycles. The molecule has 1 aromatic carbocycles. The highest BCUT2D eigenvalue weighted by Gasteiger charge is 2.50. The molecule has 0 N–H and O–H groups in total. The number of rotatable bonds is 2. The number of halogens is 2. The summed E-state index contributed by atoms with van der Waals surface area (Å²) >= 11 is 10.4. The predicted octanol–water partition coefficient (Wildman–Crippen LogP) is 6.47. The summed E-state index contributed by atoms with van der Waals surface area (Å²) in [4.78, 5) is 0.517. The Morgan fingerprint density at radius 1 is 0.952 bits per heavy atom. The largest absolute Gasteiger partial charge is 0.0840 e. The molecule has 0 aromatic heterocycles. The Morgan fingerprint density at radius 2 is 1.52 bits per heavy atom. The van der Waals surface area contributed by atoms with Crippen LogP contribution in [0.15, 0.2) is 12.1 Å². The van der Waals surface area contributed by atoms with Crippen LogP contribution in [-0.2, 0) is 0 Å². The van der Waals surface area contributed by atoms with Gasteiger partial charge in [-0.05, 0) is 98.3 Å². The molecule has 0 saturated heterocycles. The van der Waals surface area contributed by atoms with Gasteiger partial charge in [0.25, 0.3) is 0 Å². The summed E-state index contributed by atoms with van der Waals surface area (Å²) in [5.74, 6) is 4.87. The van der Waals surface area contributed by atoms with Crippen LogP contribution < -0.4 is 0 Å². The molecule has 4 aliphatic rings. The van der Waals surface area contributed by atoms with Gasteiger partial charge in [-0.25, -0.2) is 0 Å². The Kier molecular flexibility index (Phi) is 3.66. The van der Waals surface area contributed by atoms with Crippen LogP contribution >= 0.6 is 27.5 Å². The van der Waals surface area contributed by atoms with Crippen molar-refractivity contribution >= 4 is 27.5 Å². The smallest absolute Gasteiger partial charge is 0.0438 e. The van der Waals surface area contributed by atoms with Gasteiger partial charge in [-0.1, -0.05) is 33.6 Å². The van der Waals surface area contributed by atoms with E-state index in [0.717, 1.165) is 34.6 Å². The Labute approximate surface area is 141 Å². The van der Waals surface area contributed by atoms with Crippen LogP contribution in [0.3, 0.4) is 0 Å². The molecule has 5 rings (SSSR count). The van der Waals surface area contributed by atoms with Crippen molar-refractivity contribution in [2.45, 2.75) is 50.8 Å². The number of hydrogen-bond donors (Lipinski definition) is 0. The first-order valence-electron chi connectivity index (χ1n) is 8.43. The van der Waals surface area contributed by atoms with Crippen LogP contribution in [0, 0.1) is 43.4 Å². The van der Waals surface area contributed by atoms with E-state index >= 15 is 0 Å². The van der Waals surface area contributed by atoms with E-state index in [2.05, 4.69) is 41.9 Å². The van der Waals surface area contributed by atoms with Gasteiger partial charge < -0.3 is 0 Å². The highest BCUT2D eigenvalue weighted by Crippen LogP contribution is 2.61. The minimum Gasteiger partial charge on any atom is -0.0840 e. The van der Waals surface area contributed by atoms with E-state index in [-0.39, 0.29) is 0 Å². The van der Waals surface area contributed by atoms with Crippen molar-refractivity contribution < 1.29 is 0 Å². The number of alkyl halides is 1. The van der Waals surface area contributed by atoms with Crippen molar-refractivity contribution in [1.29, 1.82) is 0 Å². The van der Waals surface area contributed by atoms with Gasteiger partial charge in [0.15, 0.2) is 0 Å². The zero-order chi connectivity index (χ0) is 14.7. The first-order chi connectivity index (χ1) is 10.0. The summed E-state index contributed by atoms with van der Waals surface area (Å²) in [5, 5.41) is 0.904. The molecule has 4 aliphatic carbocycles. The molecule has 4 bridgehead atoms. The lowest BCUT2D eigenvalue weighted by atomic mass is 9.51. The molecule has 0 spiro atoms. The van der Waals surface area contributed by atoms with E-state index in [1.54, 1.807) is 0 Å². The van der Waals surface area contributed by atoms with Gasteiger partial charge in [0.1, 0.15) is 0 Å². The zero-order valence-electron chi connectivity index (χ0n) is 12.9. The normalized spacial score (nSPS) is 38.8. The summed E-state index contributed by atoms with van der Waals surface area (Å²) in [5.41, 5.74) is 4.04. The Morgan fingerprint density at radius 3 is 2.10 bits per heavy atom. The van der Waals surface area contributed by atoms with Crippen LogP contribution in [-0.4, -0.2) is 0 Å². The molecule has 0 radical (unpaired) electrons. The number of benzene rings is 1. The number of hydrogen-bond acceptors (Lipinski definition) is 0. The van der Waals surface area contributed by atoms with Crippen molar-refractivity contribution in [2.75, 3.05) is 0 Å². The van der Waals surface area contributed by atoms with Crippen molar-refractivity contribution in [3.63, 3.8) is 0 Å².